The molecular formula is C23H22N8. The van der Waals surface area contributed by atoms with E-state index in [9.17, 15) is 5.26 Å². The lowest BCUT2D eigenvalue weighted by Crippen LogP contribution is -2.36. The van der Waals surface area contributed by atoms with Gasteiger partial charge in [0.05, 0.1) is 29.6 Å². The number of aromatic nitrogens is 6. The summed E-state index contributed by atoms with van der Waals surface area (Å²) < 4.78 is 2.08. The molecule has 4 aromatic heterocycles. The van der Waals surface area contributed by atoms with Crippen molar-refractivity contribution in [1.82, 2.24) is 29.7 Å². The molecule has 0 unspecified atom stereocenters. The molecule has 1 fully saturated rings. The molecule has 1 saturated heterocycles. The number of rotatable bonds is 4. The minimum atomic E-state index is 0.310. The maximum atomic E-state index is 9.33. The van der Waals surface area contributed by atoms with Crippen LogP contribution in [0.2, 0.25) is 0 Å². The second-order valence-corrected chi connectivity index (χ2v) is 7.69. The molecule has 0 saturated carbocycles. The predicted molar refractivity (Wildman–Crippen MR) is 117 cm³/mol. The first-order valence-electron chi connectivity index (χ1n) is 10.5. The van der Waals surface area contributed by atoms with Gasteiger partial charge in [-0.2, -0.15) is 10.4 Å². The van der Waals surface area contributed by atoms with Gasteiger partial charge in [-0.1, -0.05) is 6.92 Å². The van der Waals surface area contributed by atoms with Crippen LogP contribution >= 0.6 is 0 Å². The Balaban J connectivity index is 1.35. The van der Waals surface area contributed by atoms with Gasteiger partial charge >= 0.3 is 0 Å². The van der Waals surface area contributed by atoms with E-state index in [1.54, 1.807) is 6.20 Å². The molecule has 4 aromatic rings. The Labute approximate surface area is 180 Å². The fraction of sp³-hybridized carbons (Fsp3) is 0.304. The molecule has 0 aliphatic carbocycles. The maximum absolute atomic E-state index is 9.33. The van der Waals surface area contributed by atoms with Crippen molar-refractivity contribution in [2.24, 2.45) is 0 Å². The third kappa shape index (κ3) is 3.59. The van der Waals surface area contributed by atoms with Crippen molar-refractivity contribution in [3.8, 4) is 17.3 Å². The van der Waals surface area contributed by atoms with Gasteiger partial charge in [0.25, 0.3) is 0 Å². The number of hydrogen-bond donors (Lipinski definition) is 0. The summed E-state index contributed by atoms with van der Waals surface area (Å²) in [6, 6.07) is 8.12. The minimum Gasteiger partial charge on any atom is -0.341 e. The number of anilines is 1. The van der Waals surface area contributed by atoms with Crippen molar-refractivity contribution in [1.29, 1.82) is 5.26 Å². The van der Waals surface area contributed by atoms with E-state index in [-0.39, 0.29) is 0 Å². The molecule has 0 atom stereocenters. The van der Waals surface area contributed by atoms with E-state index in [4.69, 9.17) is 0 Å². The Bertz CT molecular complexity index is 1250. The molecule has 8 heteroatoms. The highest BCUT2D eigenvalue weighted by atomic mass is 15.3. The van der Waals surface area contributed by atoms with Crippen molar-refractivity contribution in [3.05, 3.63) is 60.4 Å². The summed E-state index contributed by atoms with van der Waals surface area (Å²) in [5.41, 5.74) is 4.01. The number of fused-ring (bicyclic) bond motifs is 1. The molecule has 0 bridgehead atoms. The lowest BCUT2D eigenvalue weighted by molar-refractivity contribution is 0.373. The summed E-state index contributed by atoms with van der Waals surface area (Å²) in [7, 11) is 0. The highest BCUT2D eigenvalue weighted by molar-refractivity contribution is 5.83. The summed E-state index contributed by atoms with van der Waals surface area (Å²) in [4.78, 5) is 20.0. The van der Waals surface area contributed by atoms with Crippen molar-refractivity contribution in [2.75, 3.05) is 18.0 Å². The van der Waals surface area contributed by atoms with Crippen LogP contribution in [-0.2, 0) is 6.42 Å². The summed E-state index contributed by atoms with van der Waals surface area (Å²) in [6.45, 7) is 3.89. The highest BCUT2D eigenvalue weighted by Crippen LogP contribution is 2.29. The molecule has 1 aliphatic heterocycles. The second kappa shape index (κ2) is 8.11. The van der Waals surface area contributed by atoms with Gasteiger partial charge in [0.1, 0.15) is 11.8 Å². The lowest BCUT2D eigenvalue weighted by atomic mass is 10.1. The fourth-order valence-corrected chi connectivity index (χ4v) is 4.09. The average Bonchev–Trinajstić information content (AvgIpc) is 3.27. The Hall–Kier alpha value is -3.86. The molecule has 31 heavy (non-hydrogen) atoms. The summed E-state index contributed by atoms with van der Waals surface area (Å²) in [5, 5.41) is 15.0. The number of piperidine rings is 1. The van der Waals surface area contributed by atoms with Crippen molar-refractivity contribution in [2.45, 2.75) is 32.2 Å². The van der Waals surface area contributed by atoms with Crippen LogP contribution < -0.4 is 4.90 Å². The van der Waals surface area contributed by atoms with Crippen molar-refractivity contribution in [3.63, 3.8) is 0 Å². The van der Waals surface area contributed by atoms with Gasteiger partial charge in [0.2, 0.25) is 5.95 Å². The van der Waals surface area contributed by atoms with E-state index < -0.39 is 0 Å². The zero-order valence-corrected chi connectivity index (χ0v) is 17.3. The first-order valence-corrected chi connectivity index (χ1v) is 10.5. The Kier molecular flexibility index (Phi) is 5.00. The van der Waals surface area contributed by atoms with Gasteiger partial charge in [-0.15, -0.1) is 0 Å². The van der Waals surface area contributed by atoms with Crippen LogP contribution in [0, 0.1) is 11.3 Å². The van der Waals surface area contributed by atoms with E-state index in [1.807, 2.05) is 43.0 Å². The molecule has 0 amide bonds. The topological polar surface area (TPSA) is 96.4 Å². The number of nitrogens with zero attached hydrogens (tertiary/aromatic N) is 8. The van der Waals surface area contributed by atoms with E-state index in [0.717, 1.165) is 66.0 Å². The fourth-order valence-electron chi connectivity index (χ4n) is 4.09. The zero-order chi connectivity index (χ0) is 21.2. The molecule has 0 N–H and O–H groups in total. The van der Waals surface area contributed by atoms with Crippen LogP contribution in [0.5, 0.6) is 0 Å². The van der Waals surface area contributed by atoms with Gasteiger partial charge in [0, 0.05) is 42.6 Å². The Morgan fingerprint density at radius 2 is 1.87 bits per heavy atom. The molecule has 0 spiro atoms. The normalized spacial score (nSPS) is 14.6. The predicted octanol–water partition coefficient (Wildman–Crippen LogP) is 3.56. The largest absolute Gasteiger partial charge is 0.341 e. The van der Waals surface area contributed by atoms with Crippen LogP contribution in [0.3, 0.4) is 0 Å². The molecule has 8 nitrogen and oxygen atoms in total. The molecule has 154 valence electrons. The molecule has 0 radical (unpaired) electrons. The molecule has 5 rings (SSSR count). The second-order valence-electron chi connectivity index (χ2n) is 7.69. The highest BCUT2D eigenvalue weighted by Gasteiger charge is 2.24. The molecule has 0 aromatic carbocycles. The van der Waals surface area contributed by atoms with Gasteiger partial charge in [0.15, 0.2) is 0 Å². The smallest absolute Gasteiger partial charge is 0.225 e. The third-order valence-electron chi connectivity index (χ3n) is 5.86. The van der Waals surface area contributed by atoms with E-state index in [2.05, 4.69) is 47.6 Å². The van der Waals surface area contributed by atoms with Gasteiger partial charge in [-0.3, -0.25) is 9.67 Å². The zero-order valence-electron chi connectivity index (χ0n) is 17.3. The lowest BCUT2D eigenvalue weighted by Gasteiger charge is -2.32. The van der Waals surface area contributed by atoms with Gasteiger partial charge in [-0.05, 0) is 43.0 Å². The molecular weight excluding hydrogens is 388 g/mol. The monoisotopic (exact) mass is 410 g/mol. The van der Waals surface area contributed by atoms with Crippen LogP contribution in [0.4, 0.5) is 5.95 Å². The van der Waals surface area contributed by atoms with Crippen molar-refractivity contribution < 1.29 is 0 Å². The number of pyridine rings is 2. The SMILES string of the molecule is CCc1cnc(N2CCC(n3ncc4cc(-c5cccnc5C#N)ncc43)CC2)nc1. The van der Waals surface area contributed by atoms with Crippen LogP contribution in [-0.4, -0.2) is 42.8 Å². The van der Waals surface area contributed by atoms with Gasteiger partial charge < -0.3 is 4.90 Å². The molecule has 5 heterocycles. The van der Waals surface area contributed by atoms with E-state index >= 15 is 0 Å². The van der Waals surface area contributed by atoms with Crippen molar-refractivity contribution >= 4 is 16.9 Å². The summed E-state index contributed by atoms with van der Waals surface area (Å²) in [5.74, 6) is 0.803. The standard InChI is InChI=1S/C23H22N8/c1-2-16-12-27-23(28-13-16)30-8-5-18(6-9-30)31-22-15-26-20(10-17(22)14-29-31)19-4-3-7-25-21(19)11-24/h3-4,7,10,12-15,18H,2,5-6,8-9H2,1H3. The number of aryl methyl sites for hydroxylation is 1. The number of nitriles is 1. The van der Waals surface area contributed by atoms with E-state index in [0.29, 0.717) is 11.7 Å². The summed E-state index contributed by atoms with van der Waals surface area (Å²) in [6.07, 6.45) is 12.1. The minimum absolute atomic E-state index is 0.310. The first-order chi connectivity index (χ1) is 15.3. The quantitative estimate of drug-likeness (QED) is 0.507. The first kappa shape index (κ1) is 19.1. The number of hydrogen-bond acceptors (Lipinski definition) is 7. The van der Waals surface area contributed by atoms with E-state index in [1.165, 1.54) is 0 Å². The van der Waals surface area contributed by atoms with Gasteiger partial charge in [-0.25, -0.2) is 15.0 Å². The van der Waals surface area contributed by atoms with Crippen LogP contribution in [0.1, 0.15) is 37.1 Å². The molecule has 1 aliphatic rings. The Morgan fingerprint density at radius 1 is 1.06 bits per heavy atom. The summed E-state index contributed by atoms with van der Waals surface area (Å²) >= 11 is 0. The Morgan fingerprint density at radius 3 is 2.61 bits per heavy atom. The van der Waals surface area contributed by atoms with Crippen LogP contribution in [0.15, 0.2) is 49.2 Å². The third-order valence-corrected chi connectivity index (χ3v) is 5.86. The average molecular weight is 410 g/mol. The maximum Gasteiger partial charge on any atom is 0.225 e. The van der Waals surface area contributed by atoms with Crippen LogP contribution in [0.25, 0.3) is 22.2 Å².